The van der Waals surface area contributed by atoms with Gasteiger partial charge in [-0.25, -0.2) is 17.9 Å². The minimum atomic E-state index is -3.96. The van der Waals surface area contributed by atoms with Gasteiger partial charge in [0.1, 0.15) is 0 Å². The number of nitrogens with zero attached hydrogens (tertiary/aromatic N) is 1. The van der Waals surface area contributed by atoms with E-state index < -0.39 is 15.9 Å². The molecule has 1 atom stereocenters. The van der Waals surface area contributed by atoms with Crippen LogP contribution in [0.1, 0.15) is 49.3 Å². The van der Waals surface area contributed by atoms with Gasteiger partial charge in [0.2, 0.25) is 5.91 Å². The maximum absolute atomic E-state index is 12.6. The molecule has 0 bridgehead atoms. The Bertz CT molecular complexity index is 1440. The van der Waals surface area contributed by atoms with Crippen molar-refractivity contribution >= 4 is 55.2 Å². The van der Waals surface area contributed by atoms with Gasteiger partial charge in [0.15, 0.2) is 0 Å². The van der Waals surface area contributed by atoms with E-state index in [-0.39, 0.29) is 23.4 Å². The number of urea groups is 1. The second-order valence-corrected chi connectivity index (χ2v) is 13.0. The zero-order chi connectivity index (χ0) is 29.2. The van der Waals surface area contributed by atoms with E-state index in [9.17, 15) is 18.0 Å². The van der Waals surface area contributed by atoms with Crippen molar-refractivity contribution in [3.05, 3.63) is 93.4 Å². The topological polar surface area (TPSA) is 108 Å². The SMILES string of the molecule is O=C(CCCN(CCCNC(=O)Nc1ccc(Br)cc1)C1CCCc2ccccc21)NS(=O)(=O)c1ccc(Cl)cc1. The molecule has 0 heterocycles. The molecule has 11 heteroatoms. The van der Waals surface area contributed by atoms with Crippen LogP contribution in [0.25, 0.3) is 0 Å². The maximum Gasteiger partial charge on any atom is 0.319 e. The Morgan fingerprint density at radius 2 is 1.66 bits per heavy atom. The summed E-state index contributed by atoms with van der Waals surface area (Å²) in [6.45, 7) is 1.84. The molecule has 0 fully saturated rings. The third-order valence-electron chi connectivity index (χ3n) is 7.01. The Kier molecular flexibility index (Phi) is 11.2. The minimum absolute atomic E-state index is 0.00707. The summed E-state index contributed by atoms with van der Waals surface area (Å²) in [4.78, 5) is 27.3. The highest BCUT2D eigenvalue weighted by atomic mass is 79.9. The molecule has 0 aromatic heterocycles. The number of fused-ring (bicyclic) bond motifs is 1. The van der Waals surface area contributed by atoms with Crippen molar-refractivity contribution in [1.29, 1.82) is 0 Å². The van der Waals surface area contributed by atoms with Crippen LogP contribution in [0.4, 0.5) is 10.5 Å². The van der Waals surface area contributed by atoms with Gasteiger partial charge in [0.05, 0.1) is 4.90 Å². The van der Waals surface area contributed by atoms with Crippen molar-refractivity contribution in [1.82, 2.24) is 14.9 Å². The summed E-state index contributed by atoms with van der Waals surface area (Å²) in [5, 5.41) is 6.16. The van der Waals surface area contributed by atoms with Gasteiger partial charge in [-0.15, -0.1) is 0 Å². The lowest BCUT2D eigenvalue weighted by Gasteiger charge is -2.36. The van der Waals surface area contributed by atoms with Crippen LogP contribution < -0.4 is 15.4 Å². The third-order valence-corrected chi connectivity index (χ3v) is 9.18. The van der Waals surface area contributed by atoms with Crippen molar-refractivity contribution < 1.29 is 18.0 Å². The molecule has 0 radical (unpaired) electrons. The molecule has 41 heavy (non-hydrogen) atoms. The summed E-state index contributed by atoms with van der Waals surface area (Å²) in [5.41, 5.74) is 3.35. The fourth-order valence-electron chi connectivity index (χ4n) is 5.04. The Labute approximate surface area is 255 Å². The number of hydrogen-bond donors (Lipinski definition) is 3. The van der Waals surface area contributed by atoms with Gasteiger partial charge in [0, 0.05) is 40.7 Å². The van der Waals surface area contributed by atoms with Crippen LogP contribution >= 0.6 is 27.5 Å². The molecule has 1 aliphatic rings. The van der Waals surface area contributed by atoms with Crippen LogP contribution in [0, 0.1) is 0 Å². The molecule has 3 aromatic carbocycles. The number of benzene rings is 3. The van der Waals surface area contributed by atoms with Crippen molar-refractivity contribution in [2.45, 2.75) is 49.5 Å². The van der Waals surface area contributed by atoms with E-state index in [0.29, 0.717) is 30.2 Å². The molecule has 3 amide bonds. The van der Waals surface area contributed by atoms with E-state index in [1.165, 1.54) is 35.4 Å². The number of aryl methyl sites for hydroxylation is 1. The summed E-state index contributed by atoms with van der Waals surface area (Å²) in [6, 6.07) is 21.4. The molecule has 3 aromatic rings. The van der Waals surface area contributed by atoms with Crippen LogP contribution in [0.3, 0.4) is 0 Å². The van der Waals surface area contributed by atoms with Gasteiger partial charge in [0.25, 0.3) is 10.0 Å². The van der Waals surface area contributed by atoms with Crippen LogP contribution in [0.5, 0.6) is 0 Å². The molecule has 1 unspecified atom stereocenters. The van der Waals surface area contributed by atoms with Crippen LogP contribution in [0.2, 0.25) is 5.02 Å². The highest BCUT2D eigenvalue weighted by Crippen LogP contribution is 2.34. The Balaban J connectivity index is 1.32. The first-order valence-electron chi connectivity index (χ1n) is 13.6. The first-order valence-corrected chi connectivity index (χ1v) is 16.3. The largest absolute Gasteiger partial charge is 0.338 e. The lowest BCUT2D eigenvalue weighted by molar-refractivity contribution is -0.119. The van der Waals surface area contributed by atoms with Crippen LogP contribution in [-0.4, -0.2) is 44.9 Å². The molecule has 218 valence electrons. The highest BCUT2D eigenvalue weighted by Gasteiger charge is 2.26. The third kappa shape index (κ3) is 9.29. The first-order chi connectivity index (χ1) is 19.7. The standard InChI is InChI=1S/C30H34BrClN4O4S/c31-23-11-15-25(16-12-23)34-30(38)33-19-5-21-36(28-9-3-7-22-6-1-2-8-27(22)28)20-4-10-29(37)35-41(39,40)26-17-13-24(32)14-18-26/h1-2,6,8,11-18,28H,3-5,7,9-10,19-21H2,(H,35,37)(H2,33,34,38). The second kappa shape index (κ2) is 14.8. The quantitative estimate of drug-likeness (QED) is 0.198. The molecular formula is C30H34BrClN4O4S. The average molecular weight is 662 g/mol. The number of hydrogen-bond acceptors (Lipinski definition) is 5. The molecule has 1 aliphatic carbocycles. The number of nitrogens with one attached hydrogen (secondary N) is 3. The molecule has 0 saturated heterocycles. The minimum Gasteiger partial charge on any atom is -0.338 e. The Morgan fingerprint density at radius 1 is 0.951 bits per heavy atom. The van der Waals surface area contributed by atoms with Gasteiger partial charge in [-0.05, 0) is 98.3 Å². The molecule has 8 nitrogen and oxygen atoms in total. The second-order valence-electron chi connectivity index (χ2n) is 9.97. The fraction of sp³-hybridized carbons (Fsp3) is 0.333. The predicted octanol–water partition coefficient (Wildman–Crippen LogP) is 6.28. The number of amides is 3. The number of carbonyl (C=O) groups excluding carboxylic acids is 2. The monoisotopic (exact) mass is 660 g/mol. The lowest BCUT2D eigenvalue weighted by Crippen LogP contribution is -2.36. The van der Waals surface area contributed by atoms with Gasteiger partial charge in [-0.3, -0.25) is 9.69 Å². The summed E-state index contributed by atoms with van der Waals surface area (Å²) >= 11 is 9.23. The molecule has 0 saturated carbocycles. The van der Waals surface area contributed by atoms with Crippen LogP contribution in [0.15, 0.2) is 82.2 Å². The number of rotatable bonds is 12. The smallest absolute Gasteiger partial charge is 0.319 e. The summed E-state index contributed by atoms with van der Waals surface area (Å²) < 4.78 is 28.2. The van der Waals surface area contributed by atoms with Crippen molar-refractivity contribution in [3.8, 4) is 0 Å². The van der Waals surface area contributed by atoms with Gasteiger partial charge in [-0.2, -0.15) is 0 Å². The van der Waals surface area contributed by atoms with E-state index in [1.807, 2.05) is 24.3 Å². The summed E-state index contributed by atoms with van der Waals surface area (Å²) in [5.74, 6) is -0.546. The molecule has 0 spiro atoms. The number of carbonyl (C=O) groups is 2. The zero-order valence-electron chi connectivity index (χ0n) is 22.6. The predicted molar refractivity (Wildman–Crippen MR) is 165 cm³/mol. The van der Waals surface area contributed by atoms with E-state index >= 15 is 0 Å². The van der Waals surface area contributed by atoms with Crippen molar-refractivity contribution in [2.24, 2.45) is 0 Å². The van der Waals surface area contributed by atoms with Gasteiger partial charge >= 0.3 is 6.03 Å². The summed E-state index contributed by atoms with van der Waals surface area (Å²) in [7, 11) is -3.96. The average Bonchev–Trinajstić information content (AvgIpc) is 2.95. The van der Waals surface area contributed by atoms with E-state index in [4.69, 9.17) is 11.6 Å². The van der Waals surface area contributed by atoms with Gasteiger partial charge in [-0.1, -0.05) is 51.8 Å². The molecule has 3 N–H and O–H groups in total. The zero-order valence-corrected chi connectivity index (χ0v) is 25.8. The lowest BCUT2D eigenvalue weighted by atomic mass is 9.86. The van der Waals surface area contributed by atoms with Crippen molar-refractivity contribution in [2.75, 3.05) is 25.0 Å². The van der Waals surface area contributed by atoms with E-state index in [2.05, 4.69) is 60.5 Å². The number of halogens is 2. The van der Waals surface area contributed by atoms with E-state index in [0.717, 1.165) is 36.7 Å². The molecular weight excluding hydrogens is 628 g/mol. The number of sulfonamides is 1. The van der Waals surface area contributed by atoms with Crippen LogP contribution in [-0.2, 0) is 21.2 Å². The molecule has 0 aliphatic heterocycles. The van der Waals surface area contributed by atoms with Crippen molar-refractivity contribution in [3.63, 3.8) is 0 Å². The Hall–Kier alpha value is -2.92. The number of anilines is 1. The van der Waals surface area contributed by atoms with E-state index in [1.54, 1.807) is 0 Å². The first kappa shape index (κ1) is 31.0. The highest BCUT2D eigenvalue weighted by molar-refractivity contribution is 9.10. The normalized spacial score (nSPS) is 14.8. The Morgan fingerprint density at radius 3 is 2.41 bits per heavy atom. The summed E-state index contributed by atoms with van der Waals surface area (Å²) in [6.07, 6.45) is 4.42. The van der Waals surface area contributed by atoms with Gasteiger partial charge < -0.3 is 10.6 Å². The maximum atomic E-state index is 12.6. The molecule has 4 rings (SSSR count). The fourth-order valence-corrected chi connectivity index (χ4v) is 6.44.